The predicted molar refractivity (Wildman–Crippen MR) is 158 cm³/mol. The zero-order valence-corrected chi connectivity index (χ0v) is 24.0. The molecule has 1 aromatic heterocycles. The average molecular weight is 543 g/mol. The first-order valence-electron chi connectivity index (χ1n) is 15.0. The van der Waals surface area contributed by atoms with Gasteiger partial charge in [-0.1, -0.05) is 31.4 Å². The van der Waals surface area contributed by atoms with E-state index >= 15 is 0 Å². The van der Waals surface area contributed by atoms with Gasteiger partial charge in [0.2, 0.25) is 0 Å². The average Bonchev–Trinajstić information content (AvgIpc) is 3.61. The summed E-state index contributed by atoms with van der Waals surface area (Å²) in [4.78, 5) is 23.6. The molecule has 3 aromatic rings. The van der Waals surface area contributed by atoms with Crippen molar-refractivity contribution in [3.05, 3.63) is 65.1 Å². The van der Waals surface area contributed by atoms with Crippen LogP contribution in [0.15, 0.2) is 42.6 Å². The maximum atomic E-state index is 14.2. The normalized spacial score (nSPS) is 17.6. The van der Waals surface area contributed by atoms with Crippen molar-refractivity contribution in [3.63, 3.8) is 0 Å². The van der Waals surface area contributed by atoms with Crippen LogP contribution in [0.1, 0.15) is 65.8 Å². The van der Waals surface area contributed by atoms with Crippen LogP contribution in [0.4, 0.5) is 5.69 Å². The van der Waals surface area contributed by atoms with Gasteiger partial charge in [-0.3, -0.25) is 4.79 Å². The number of carbonyl (C=O) groups is 1. The van der Waals surface area contributed by atoms with Crippen LogP contribution in [-0.4, -0.2) is 60.3 Å². The van der Waals surface area contributed by atoms with Crippen LogP contribution in [-0.2, 0) is 24.2 Å². The van der Waals surface area contributed by atoms with Crippen molar-refractivity contribution in [2.75, 3.05) is 44.9 Å². The lowest BCUT2D eigenvalue weighted by atomic mass is 9.88. The van der Waals surface area contributed by atoms with E-state index in [4.69, 9.17) is 14.5 Å². The van der Waals surface area contributed by atoms with E-state index in [1.54, 1.807) is 7.11 Å². The summed E-state index contributed by atoms with van der Waals surface area (Å²) in [6.07, 6.45) is 10.6. The van der Waals surface area contributed by atoms with Crippen molar-refractivity contribution in [1.82, 2.24) is 14.5 Å². The SMILES string of the molecule is COc1cc(C(=O)N(Cc2cc(-c3cn4c(n3)CCC4)ccc2N2CCOCC2)CC2CCCCC2)ccc1C. The molecule has 0 radical (unpaired) electrons. The highest BCUT2D eigenvalue weighted by atomic mass is 16.5. The van der Waals surface area contributed by atoms with Crippen LogP contribution in [0, 0.1) is 12.8 Å². The molecule has 3 heterocycles. The van der Waals surface area contributed by atoms with Gasteiger partial charge in [-0.25, -0.2) is 4.98 Å². The fourth-order valence-corrected chi connectivity index (χ4v) is 6.62. The number of amides is 1. The molecule has 212 valence electrons. The standard InChI is InChI=1S/C33H42N4O3/c1-24-10-11-27(20-31(24)39-2)33(38)37(21-25-7-4-3-5-8-25)22-28-19-26(29-23-36-14-6-9-32(36)34-29)12-13-30(28)35-15-17-40-18-16-35/h10-13,19-20,23,25H,3-9,14-18,21-22H2,1-2H3. The summed E-state index contributed by atoms with van der Waals surface area (Å²) in [6, 6.07) is 12.5. The zero-order valence-electron chi connectivity index (χ0n) is 24.0. The monoisotopic (exact) mass is 542 g/mol. The number of hydrogen-bond acceptors (Lipinski definition) is 5. The van der Waals surface area contributed by atoms with Gasteiger partial charge in [-0.15, -0.1) is 0 Å². The van der Waals surface area contributed by atoms with Gasteiger partial charge in [-0.2, -0.15) is 0 Å². The maximum absolute atomic E-state index is 14.2. The number of hydrogen-bond donors (Lipinski definition) is 0. The smallest absolute Gasteiger partial charge is 0.254 e. The molecule has 2 aliphatic heterocycles. The minimum Gasteiger partial charge on any atom is -0.496 e. The third kappa shape index (κ3) is 5.75. The summed E-state index contributed by atoms with van der Waals surface area (Å²) in [5.74, 6) is 2.54. The molecule has 3 aliphatic rings. The first kappa shape index (κ1) is 26.9. The summed E-state index contributed by atoms with van der Waals surface area (Å²) >= 11 is 0. The Hall–Kier alpha value is -3.32. The summed E-state index contributed by atoms with van der Waals surface area (Å²) in [5.41, 5.74) is 6.24. The Morgan fingerprint density at radius 3 is 2.65 bits per heavy atom. The topological polar surface area (TPSA) is 59.8 Å². The number of anilines is 1. The second-order valence-corrected chi connectivity index (χ2v) is 11.7. The Kier molecular flexibility index (Phi) is 8.10. The molecule has 0 spiro atoms. The molecule has 0 atom stereocenters. The minimum atomic E-state index is 0.0724. The molecule has 2 aromatic carbocycles. The van der Waals surface area contributed by atoms with E-state index in [1.165, 1.54) is 55.6 Å². The Labute approximate surface area is 238 Å². The third-order valence-corrected chi connectivity index (χ3v) is 8.89. The number of nitrogens with zero attached hydrogens (tertiary/aromatic N) is 4. The molecule has 2 fully saturated rings. The van der Waals surface area contributed by atoms with Crippen LogP contribution in [0.3, 0.4) is 0 Å². The fraction of sp³-hybridized carbons (Fsp3) is 0.515. The number of benzene rings is 2. The van der Waals surface area contributed by atoms with E-state index in [-0.39, 0.29) is 5.91 Å². The molecule has 1 aliphatic carbocycles. The second kappa shape index (κ2) is 12.0. The first-order chi connectivity index (χ1) is 19.6. The highest BCUT2D eigenvalue weighted by molar-refractivity contribution is 5.95. The molecule has 1 saturated heterocycles. The quantitative estimate of drug-likeness (QED) is 0.356. The third-order valence-electron chi connectivity index (χ3n) is 8.89. The first-order valence-corrected chi connectivity index (χ1v) is 15.0. The van der Waals surface area contributed by atoms with E-state index in [1.807, 2.05) is 25.1 Å². The van der Waals surface area contributed by atoms with Gasteiger partial charge >= 0.3 is 0 Å². The van der Waals surface area contributed by atoms with Crippen molar-refractivity contribution < 1.29 is 14.3 Å². The van der Waals surface area contributed by atoms with Crippen LogP contribution >= 0.6 is 0 Å². The summed E-state index contributed by atoms with van der Waals surface area (Å²) in [7, 11) is 1.67. The summed E-state index contributed by atoms with van der Waals surface area (Å²) in [5, 5.41) is 0. The highest BCUT2D eigenvalue weighted by Gasteiger charge is 2.26. The highest BCUT2D eigenvalue weighted by Crippen LogP contribution is 2.32. The summed E-state index contributed by atoms with van der Waals surface area (Å²) in [6.45, 7) is 7.57. The largest absolute Gasteiger partial charge is 0.496 e. The molecule has 1 amide bonds. The fourth-order valence-electron chi connectivity index (χ4n) is 6.62. The number of morpholine rings is 1. The van der Waals surface area contributed by atoms with Gasteiger partial charge in [0.1, 0.15) is 11.6 Å². The van der Waals surface area contributed by atoms with Gasteiger partial charge in [0, 0.05) is 62.2 Å². The van der Waals surface area contributed by atoms with Crippen LogP contribution in [0.25, 0.3) is 11.3 Å². The van der Waals surface area contributed by atoms with Crippen LogP contribution in [0.2, 0.25) is 0 Å². The number of carbonyl (C=O) groups excluding carboxylic acids is 1. The lowest BCUT2D eigenvalue weighted by molar-refractivity contribution is 0.0698. The van der Waals surface area contributed by atoms with Crippen molar-refractivity contribution >= 4 is 11.6 Å². The number of imidazole rings is 1. The number of methoxy groups -OCH3 is 1. The molecule has 0 unspecified atom stereocenters. The van der Waals surface area contributed by atoms with Crippen LogP contribution in [0.5, 0.6) is 5.75 Å². The number of rotatable bonds is 8. The van der Waals surface area contributed by atoms with Gasteiger partial charge in [-0.05, 0) is 67.5 Å². The molecular formula is C33H42N4O3. The molecular weight excluding hydrogens is 500 g/mol. The molecule has 40 heavy (non-hydrogen) atoms. The van der Waals surface area contributed by atoms with E-state index < -0.39 is 0 Å². The van der Waals surface area contributed by atoms with Gasteiger partial charge in [0.05, 0.1) is 26.0 Å². The Balaban J connectivity index is 1.36. The van der Waals surface area contributed by atoms with E-state index in [9.17, 15) is 4.79 Å². The number of fused-ring (bicyclic) bond motifs is 1. The Bertz CT molecular complexity index is 1320. The molecule has 7 nitrogen and oxygen atoms in total. The minimum absolute atomic E-state index is 0.0724. The van der Waals surface area contributed by atoms with Gasteiger partial charge < -0.3 is 23.8 Å². The lowest BCUT2D eigenvalue weighted by Gasteiger charge is -2.34. The van der Waals surface area contributed by atoms with Gasteiger partial charge in [0.25, 0.3) is 5.91 Å². The Morgan fingerprint density at radius 1 is 1.05 bits per heavy atom. The number of aryl methyl sites for hydroxylation is 3. The molecule has 1 saturated carbocycles. The molecule has 6 rings (SSSR count). The molecule has 0 N–H and O–H groups in total. The van der Waals surface area contributed by atoms with Crippen molar-refractivity contribution in [1.29, 1.82) is 0 Å². The molecule has 0 bridgehead atoms. The van der Waals surface area contributed by atoms with Crippen LogP contribution < -0.4 is 9.64 Å². The predicted octanol–water partition coefficient (Wildman–Crippen LogP) is 5.87. The Morgan fingerprint density at radius 2 is 1.88 bits per heavy atom. The van der Waals surface area contributed by atoms with E-state index in [0.29, 0.717) is 18.0 Å². The van der Waals surface area contributed by atoms with Crippen molar-refractivity contribution in [2.24, 2.45) is 5.92 Å². The maximum Gasteiger partial charge on any atom is 0.254 e. The lowest BCUT2D eigenvalue weighted by Crippen LogP contribution is -2.39. The molecule has 7 heteroatoms. The van der Waals surface area contributed by atoms with E-state index in [2.05, 4.69) is 38.8 Å². The second-order valence-electron chi connectivity index (χ2n) is 11.7. The van der Waals surface area contributed by atoms with Crippen molar-refractivity contribution in [2.45, 2.75) is 65.0 Å². The summed E-state index contributed by atoms with van der Waals surface area (Å²) < 4.78 is 13.5. The number of ether oxygens (including phenoxy) is 2. The van der Waals surface area contributed by atoms with Gasteiger partial charge in [0.15, 0.2) is 0 Å². The van der Waals surface area contributed by atoms with Crippen molar-refractivity contribution in [3.8, 4) is 17.0 Å². The van der Waals surface area contributed by atoms with E-state index in [0.717, 1.165) is 68.4 Å². The zero-order chi connectivity index (χ0) is 27.5. The number of aromatic nitrogens is 2.